The molecular weight excluding hydrogens is 256 g/mol. The first-order valence-corrected chi connectivity index (χ1v) is 6.70. The monoisotopic (exact) mass is 274 g/mol. The molecule has 0 radical (unpaired) electrons. The number of benzene rings is 2. The Kier molecular flexibility index (Phi) is 4.25. The third kappa shape index (κ3) is 2.98. The molecule has 100 valence electrons. The van der Waals surface area contributed by atoms with Crippen LogP contribution in [0.2, 0.25) is 5.02 Å². The Morgan fingerprint density at radius 2 is 1.74 bits per heavy atom. The normalized spacial score (nSPS) is 12.5. The molecule has 0 saturated heterocycles. The van der Waals surface area contributed by atoms with Crippen LogP contribution in [0.4, 0.5) is 0 Å². The molecule has 0 aromatic heterocycles. The zero-order valence-corrected chi connectivity index (χ0v) is 12.3. The molecule has 0 fully saturated rings. The lowest BCUT2D eigenvalue weighted by Crippen LogP contribution is -2.29. The van der Waals surface area contributed by atoms with E-state index in [0.29, 0.717) is 0 Å². The second kappa shape index (κ2) is 5.74. The minimum absolute atomic E-state index is 0.0171. The Bertz CT molecular complexity index is 593. The Balaban J connectivity index is 2.46. The average molecular weight is 275 g/mol. The first kappa shape index (κ1) is 14.1. The highest BCUT2D eigenvalue weighted by atomic mass is 35.5. The van der Waals surface area contributed by atoms with Crippen molar-refractivity contribution >= 4 is 11.6 Å². The van der Waals surface area contributed by atoms with Gasteiger partial charge in [0.15, 0.2) is 0 Å². The number of nitrogens with one attached hydrogen (secondary N) is 1. The zero-order valence-electron chi connectivity index (χ0n) is 11.5. The van der Waals surface area contributed by atoms with Crippen LogP contribution >= 0.6 is 11.6 Å². The van der Waals surface area contributed by atoms with Crippen LogP contribution in [0.3, 0.4) is 0 Å². The van der Waals surface area contributed by atoms with Crippen LogP contribution in [-0.4, -0.2) is 0 Å². The first-order chi connectivity index (χ1) is 9.02. The van der Waals surface area contributed by atoms with Crippen LogP contribution in [0.15, 0.2) is 36.4 Å². The smallest absolute Gasteiger partial charge is 0.0712 e. The lowest BCUT2D eigenvalue weighted by molar-refractivity contribution is 0.633. The Morgan fingerprint density at radius 3 is 2.32 bits per heavy atom. The molecule has 0 heterocycles. The fraction of sp³-hybridized carbons (Fsp3) is 0.250. The number of hydrogen-bond acceptors (Lipinski definition) is 2. The lowest BCUT2D eigenvalue weighted by atomic mass is 9.93. The Morgan fingerprint density at radius 1 is 1.00 bits per heavy atom. The summed E-state index contributed by atoms with van der Waals surface area (Å²) in [6.45, 7) is 6.20. The SMILES string of the molecule is Cc1ccc(C(NN)c2ccc(Cl)c(C)c2)c(C)c1. The molecule has 0 aliphatic heterocycles. The Hall–Kier alpha value is -1.35. The molecular formula is C16H19ClN2. The van der Waals surface area contributed by atoms with E-state index in [-0.39, 0.29) is 6.04 Å². The largest absolute Gasteiger partial charge is 0.271 e. The summed E-state index contributed by atoms with van der Waals surface area (Å²) in [5, 5.41) is 0.778. The van der Waals surface area contributed by atoms with Crippen molar-refractivity contribution in [2.24, 2.45) is 5.84 Å². The number of rotatable bonds is 3. The van der Waals surface area contributed by atoms with Crippen molar-refractivity contribution in [3.05, 3.63) is 69.2 Å². The summed E-state index contributed by atoms with van der Waals surface area (Å²) in [6, 6.07) is 12.4. The van der Waals surface area contributed by atoms with Crippen LogP contribution < -0.4 is 11.3 Å². The maximum atomic E-state index is 6.07. The van der Waals surface area contributed by atoms with Gasteiger partial charge in [-0.25, -0.2) is 5.43 Å². The quantitative estimate of drug-likeness (QED) is 0.660. The van der Waals surface area contributed by atoms with Crippen molar-refractivity contribution in [1.82, 2.24) is 5.43 Å². The molecule has 2 nitrogen and oxygen atoms in total. The minimum atomic E-state index is -0.0171. The molecule has 1 atom stereocenters. The van der Waals surface area contributed by atoms with Crippen molar-refractivity contribution < 1.29 is 0 Å². The number of hydrazine groups is 1. The standard InChI is InChI=1S/C16H19ClN2/c1-10-4-6-14(11(2)8-10)16(19-18)13-5-7-15(17)12(3)9-13/h4-9,16,19H,18H2,1-3H3. The van der Waals surface area contributed by atoms with Gasteiger partial charge >= 0.3 is 0 Å². The number of nitrogens with two attached hydrogens (primary N) is 1. The maximum absolute atomic E-state index is 6.07. The van der Waals surface area contributed by atoms with Crippen molar-refractivity contribution in [2.75, 3.05) is 0 Å². The molecule has 2 aromatic carbocycles. The van der Waals surface area contributed by atoms with E-state index in [0.717, 1.165) is 16.1 Å². The summed E-state index contributed by atoms with van der Waals surface area (Å²) in [4.78, 5) is 0. The van der Waals surface area contributed by atoms with Gasteiger partial charge in [0.2, 0.25) is 0 Å². The summed E-state index contributed by atoms with van der Waals surface area (Å²) in [5.41, 5.74) is 8.76. The van der Waals surface area contributed by atoms with E-state index in [1.807, 2.05) is 19.1 Å². The highest BCUT2D eigenvalue weighted by molar-refractivity contribution is 6.31. The van der Waals surface area contributed by atoms with Gasteiger partial charge < -0.3 is 0 Å². The van der Waals surface area contributed by atoms with Gasteiger partial charge in [0.05, 0.1) is 6.04 Å². The summed E-state index contributed by atoms with van der Waals surface area (Å²) < 4.78 is 0. The summed E-state index contributed by atoms with van der Waals surface area (Å²) in [5.74, 6) is 5.75. The van der Waals surface area contributed by atoms with E-state index >= 15 is 0 Å². The van der Waals surface area contributed by atoms with E-state index in [4.69, 9.17) is 17.4 Å². The maximum Gasteiger partial charge on any atom is 0.0712 e. The predicted octanol–water partition coefficient (Wildman–Crippen LogP) is 3.82. The van der Waals surface area contributed by atoms with Crippen molar-refractivity contribution in [1.29, 1.82) is 0 Å². The molecule has 0 bridgehead atoms. The molecule has 3 heteroatoms. The molecule has 3 N–H and O–H groups in total. The van der Waals surface area contributed by atoms with Crippen LogP contribution in [0.5, 0.6) is 0 Å². The minimum Gasteiger partial charge on any atom is -0.271 e. The third-order valence-corrected chi connectivity index (χ3v) is 3.84. The predicted molar refractivity (Wildman–Crippen MR) is 81.3 cm³/mol. The van der Waals surface area contributed by atoms with Crippen molar-refractivity contribution in [3.63, 3.8) is 0 Å². The topological polar surface area (TPSA) is 38.0 Å². The van der Waals surface area contributed by atoms with Gasteiger partial charge in [-0.05, 0) is 49.1 Å². The number of aryl methyl sites for hydroxylation is 3. The van der Waals surface area contributed by atoms with Crippen LogP contribution in [0.1, 0.15) is 33.9 Å². The molecule has 1 unspecified atom stereocenters. The van der Waals surface area contributed by atoms with E-state index in [9.17, 15) is 0 Å². The van der Waals surface area contributed by atoms with Gasteiger partial charge in [0.1, 0.15) is 0 Å². The summed E-state index contributed by atoms with van der Waals surface area (Å²) in [6.07, 6.45) is 0. The van der Waals surface area contributed by atoms with Gasteiger partial charge in [-0.15, -0.1) is 0 Å². The molecule has 0 amide bonds. The number of hydrogen-bond donors (Lipinski definition) is 2. The first-order valence-electron chi connectivity index (χ1n) is 6.32. The van der Waals surface area contributed by atoms with Crippen LogP contribution in [0, 0.1) is 20.8 Å². The van der Waals surface area contributed by atoms with Gasteiger partial charge in [-0.3, -0.25) is 5.84 Å². The fourth-order valence-corrected chi connectivity index (χ4v) is 2.48. The molecule has 0 aliphatic carbocycles. The van der Waals surface area contributed by atoms with E-state index in [1.165, 1.54) is 16.7 Å². The molecule has 0 spiro atoms. The van der Waals surface area contributed by atoms with Gasteiger partial charge in [0.25, 0.3) is 0 Å². The summed E-state index contributed by atoms with van der Waals surface area (Å²) >= 11 is 6.07. The zero-order chi connectivity index (χ0) is 14.0. The molecule has 19 heavy (non-hydrogen) atoms. The fourth-order valence-electron chi connectivity index (χ4n) is 2.36. The van der Waals surface area contributed by atoms with Crippen molar-refractivity contribution in [3.8, 4) is 0 Å². The lowest BCUT2D eigenvalue weighted by Gasteiger charge is -2.20. The van der Waals surface area contributed by atoms with Gasteiger partial charge in [-0.1, -0.05) is 47.5 Å². The number of halogens is 1. The van der Waals surface area contributed by atoms with Crippen molar-refractivity contribution in [2.45, 2.75) is 26.8 Å². The highest BCUT2D eigenvalue weighted by Crippen LogP contribution is 2.27. The van der Waals surface area contributed by atoms with Crippen LogP contribution in [-0.2, 0) is 0 Å². The van der Waals surface area contributed by atoms with E-state index in [1.54, 1.807) is 0 Å². The summed E-state index contributed by atoms with van der Waals surface area (Å²) in [7, 11) is 0. The van der Waals surface area contributed by atoms with Crippen LogP contribution in [0.25, 0.3) is 0 Å². The van der Waals surface area contributed by atoms with Gasteiger partial charge in [-0.2, -0.15) is 0 Å². The van der Waals surface area contributed by atoms with E-state index < -0.39 is 0 Å². The van der Waals surface area contributed by atoms with E-state index in [2.05, 4.69) is 43.5 Å². The molecule has 0 aliphatic rings. The molecule has 0 saturated carbocycles. The second-order valence-electron chi connectivity index (χ2n) is 4.97. The molecule has 2 rings (SSSR count). The second-order valence-corrected chi connectivity index (χ2v) is 5.38. The average Bonchev–Trinajstić information content (AvgIpc) is 2.37. The highest BCUT2D eigenvalue weighted by Gasteiger charge is 2.15. The molecule has 2 aromatic rings. The third-order valence-electron chi connectivity index (χ3n) is 3.42. The van der Waals surface area contributed by atoms with Gasteiger partial charge in [0, 0.05) is 5.02 Å². The Labute approximate surface area is 119 Å².